The highest BCUT2D eigenvalue weighted by Crippen LogP contribution is 2.07. The van der Waals surface area contributed by atoms with Crippen LogP contribution >= 0.6 is 0 Å². The highest BCUT2D eigenvalue weighted by atomic mass is 16.5. The smallest absolute Gasteiger partial charge is 0.157 e. The maximum absolute atomic E-state index is 5.61. The van der Waals surface area contributed by atoms with E-state index in [0.717, 1.165) is 11.5 Å². The van der Waals surface area contributed by atoms with Crippen molar-refractivity contribution in [2.24, 2.45) is 5.73 Å². The Kier molecular flexibility index (Phi) is 3.33. The normalized spacial score (nSPS) is 12.9. The topological polar surface area (TPSA) is 77.5 Å². The van der Waals surface area contributed by atoms with E-state index >= 15 is 0 Å². The largest absolute Gasteiger partial charge is 0.383 e. The zero-order valence-electron chi connectivity index (χ0n) is 9.13. The molecular weight excluding hydrogens is 206 g/mol. The molecule has 0 aromatic carbocycles. The summed E-state index contributed by atoms with van der Waals surface area (Å²) in [6.07, 6.45) is 3.56. The number of hydrogen-bond acceptors (Lipinski definition) is 5. The van der Waals surface area contributed by atoms with Gasteiger partial charge in [-0.25, -0.2) is 9.50 Å². The zero-order chi connectivity index (χ0) is 11.4. The summed E-state index contributed by atoms with van der Waals surface area (Å²) < 4.78 is 6.76. The molecule has 0 spiro atoms. The number of nitrogens with one attached hydrogen (secondary N) is 1. The van der Waals surface area contributed by atoms with Crippen LogP contribution in [0.15, 0.2) is 24.5 Å². The number of aromatic nitrogens is 3. The number of fused-ring (bicyclic) bond motifs is 1. The Morgan fingerprint density at radius 2 is 2.44 bits per heavy atom. The number of anilines is 1. The van der Waals surface area contributed by atoms with Gasteiger partial charge in [-0.1, -0.05) is 0 Å². The summed E-state index contributed by atoms with van der Waals surface area (Å²) in [5, 5.41) is 7.28. The van der Waals surface area contributed by atoms with Gasteiger partial charge < -0.3 is 15.8 Å². The third-order valence-corrected chi connectivity index (χ3v) is 2.26. The minimum atomic E-state index is 0.0721. The van der Waals surface area contributed by atoms with Crippen LogP contribution < -0.4 is 11.1 Å². The Bertz CT molecular complexity index is 455. The highest BCUT2D eigenvalue weighted by Gasteiger charge is 2.06. The number of nitrogens with two attached hydrogens (primary N) is 1. The summed E-state index contributed by atoms with van der Waals surface area (Å²) in [6, 6.07) is 3.78. The van der Waals surface area contributed by atoms with Crippen LogP contribution in [0, 0.1) is 0 Å². The minimum Gasteiger partial charge on any atom is -0.383 e. The number of rotatable bonds is 5. The van der Waals surface area contributed by atoms with E-state index in [9.17, 15) is 0 Å². The van der Waals surface area contributed by atoms with Gasteiger partial charge in [0.15, 0.2) is 5.65 Å². The van der Waals surface area contributed by atoms with Gasteiger partial charge in [-0.05, 0) is 6.07 Å². The maximum Gasteiger partial charge on any atom is 0.157 e. The summed E-state index contributed by atoms with van der Waals surface area (Å²) in [5.41, 5.74) is 6.42. The van der Waals surface area contributed by atoms with Gasteiger partial charge in [0.1, 0.15) is 5.82 Å². The van der Waals surface area contributed by atoms with Gasteiger partial charge in [-0.15, -0.1) is 0 Å². The molecule has 0 radical (unpaired) electrons. The van der Waals surface area contributed by atoms with Crippen molar-refractivity contribution in [3.63, 3.8) is 0 Å². The van der Waals surface area contributed by atoms with Crippen LogP contribution in [-0.2, 0) is 4.74 Å². The van der Waals surface area contributed by atoms with Crippen molar-refractivity contribution in [1.29, 1.82) is 0 Å². The second-order valence-corrected chi connectivity index (χ2v) is 3.48. The lowest BCUT2D eigenvalue weighted by Crippen LogP contribution is -2.33. The van der Waals surface area contributed by atoms with Crippen molar-refractivity contribution >= 4 is 11.5 Å². The van der Waals surface area contributed by atoms with E-state index in [1.54, 1.807) is 17.8 Å². The fraction of sp³-hybridized carbons (Fsp3) is 0.400. The molecule has 6 nitrogen and oxygen atoms in total. The molecule has 1 atom stereocenters. The predicted molar refractivity (Wildman–Crippen MR) is 61.3 cm³/mol. The standard InChI is InChI=1S/C10H15N5O/c1-16-7-8(6-11)13-9-3-5-15-10(14-9)2-4-12-15/h2-5,8H,6-7,11H2,1H3,(H,13,14). The lowest BCUT2D eigenvalue weighted by atomic mass is 10.3. The van der Waals surface area contributed by atoms with Crippen molar-refractivity contribution in [1.82, 2.24) is 14.6 Å². The molecule has 2 heterocycles. The fourth-order valence-corrected chi connectivity index (χ4v) is 1.47. The van der Waals surface area contributed by atoms with E-state index in [1.165, 1.54) is 0 Å². The molecule has 1 unspecified atom stereocenters. The molecule has 2 aromatic rings. The molecule has 0 saturated carbocycles. The van der Waals surface area contributed by atoms with E-state index in [4.69, 9.17) is 10.5 Å². The number of nitrogens with zero attached hydrogens (tertiary/aromatic N) is 3. The van der Waals surface area contributed by atoms with Gasteiger partial charge >= 0.3 is 0 Å². The van der Waals surface area contributed by atoms with E-state index in [2.05, 4.69) is 15.4 Å². The molecule has 0 aliphatic rings. The monoisotopic (exact) mass is 221 g/mol. The summed E-state index contributed by atoms with van der Waals surface area (Å²) in [5.74, 6) is 0.778. The second kappa shape index (κ2) is 4.91. The van der Waals surface area contributed by atoms with E-state index < -0.39 is 0 Å². The molecule has 3 N–H and O–H groups in total. The van der Waals surface area contributed by atoms with Gasteiger partial charge in [0, 0.05) is 25.9 Å². The average Bonchev–Trinajstić information content (AvgIpc) is 2.75. The van der Waals surface area contributed by atoms with Crippen molar-refractivity contribution in [3.8, 4) is 0 Å². The first-order chi connectivity index (χ1) is 7.83. The zero-order valence-corrected chi connectivity index (χ0v) is 9.13. The molecule has 0 aliphatic heterocycles. The molecule has 0 saturated heterocycles. The Hall–Kier alpha value is -1.66. The molecule has 0 fully saturated rings. The maximum atomic E-state index is 5.61. The molecule has 2 aromatic heterocycles. The van der Waals surface area contributed by atoms with Crippen LogP contribution in [0.25, 0.3) is 5.65 Å². The van der Waals surface area contributed by atoms with E-state index in [-0.39, 0.29) is 6.04 Å². The first-order valence-electron chi connectivity index (χ1n) is 5.09. The average molecular weight is 221 g/mol. The summed E-state index contributed by atoms with van der Waals surface area (Å²) in [4.78, 5) is 4.38. The summed E-state index contributed by atoms with van der Waals surface area (Å²) in [7, 11) is 1.65. The lowest BCUT2D eigenvalue weighted by Gasteiger charge is -2.16. The first-order valence-corrected chi connectivity index (χ1v) is 5.09. The van der Waals surface area contributed by atoms with Gasteiger partial charge in [0.2, 0.25) is 0 Å². The number of ether oxygens (including phenoxy) is 1. The van der Waals surface area contributed by atoms with Crippen LogP contribution in [0.5, 0.6) is 0 Å². The first kappa shape index (κ1) is 10.8. The fourth-order valence-electron chi connectivity index (χ4n) is 1.47. The van der Waals surface area contributed by atoms with Crippen molar-refractivity contribution < 1.29 is 4.74 Å². The van der Waals surface area contributed by atoms with Crippen LogP contribution in [0.3, 0.4) is 0 Å². The Labute approximate surface area is 93.4 Å². The molecular formula is C10H15N5O. The van der Waals surface area contributed by atoms with Gasteiger partial charge in [0.05, 0.1) is 18.8 Å². The molecule has 0 bridgehead atoms. The van der Waals surface area contributed by atoms with Gasteiger partial charge in [-0.2, -0.15) is 5.10 Å². The van der Waals surface area contributed by atoms with Crippen LogP contribution in [0.4, 0.5) is 5.82 Å². The second-order valence-electron chi connectivity index (χ2n) is 3.48. The Morgan fingerprint density at radius 3 is 3.19 bits per heavy atom. The summed E-state index contributed by atoms with van der Waals surface area (Å²) in [6.45, 7) is 1.06. The lowest BCUT2D eigenvalue weighted by molar-refractivity contribution is 0.187. The summed E-state index contributed by atoms with van der Waals surface area (Å²) >= 11 is 0. The molecule has 86 valence electrons. The Morgan fingerprint density at radius 1 is 1.56 bits per heavy atom. The van der Waals surface area contributed by atoms with Crippen LogP contribution in [0.2, 0.25) is 0 Å². The molecule has 16 heavy (non-hydrogen) atoms. The third kappa shape index (κ3) is 2.29. The van der Waals surface area contributed by atoms with Crippen molar-refractivity contribution in [2.45, 2.75) is 6.04 Å². The van der Waals surface area contributed by atoms with Gasteiger partial charge in [0.25, 0.3) is 0 Å². The SMILES string of the molecule is COCC(CN)Nc1ccn2nccc2n1. The predicted octanol–water partition coefficient (Wildman–Crippen LogP) is 0.115. The van der Waals surface area contributed by atoms with Gasteiger partial charge in [-0.3, -0.25) is 0 Å². The highest BCUT2D eigenvalue weighted by molar-refractivity contribution is 5.45. The third-order valence-electron chi connectivity index (χ3n) is 2.26. The van der Waals surface area contributed by atoms with Crippen LogP contribution in [0.1, 0.15) is 0 Å². The Balaban J connectivity index is 2.13. The molecule has 6 heteroatoms. The van der Waals surface area contributed by atoms with E-state index in [0.29, 0.717) is 13.2 Å². The molecule has 0 amide bonds. The number of methoxy groups -OCH3 is 1. The minimum absolute atomic E-state index is 0.0721. The molecule has 2 rings (SSSR count). The van der Waals surface area contributed by atoms with E-state index in [1.807, 2.05) is 18.3 Å². The van der Waals surface area contributed by atoms with Crippen molar-refractivity contribution in [2.75, 3.05) is 25.6 Å². The quantitative estimate of drug-likeness (QED) is 0.749. The number of hydrogen-bond donors (Lipinski definition) is 2. The molecule has 0 aliphatic carbocycles. The van der Waals surface area contributed by atoms with Crippen molar-refractivity contribution in [3.05, 3.63) is 24.5 Å². The van der Waals surface area contributed by atoms with Crippen LogP contribution in [-0.4, -0.2) is 40.9 Å².